The van der Waals surface area contributed by atoms with Gasteiger partial charge in [0.15, 0.2) is 5.58 Å². The lowest BCUT2D eigenvalue weighted by Gasteiger charge is -2.14. The number of hydrogen-bond acceptors (Lipinski definition) is 4. The highest BCUT2D eigenvalue weighted by Gasteiger charge is 2.27. The highest BCUT2D eigenvalue weighted by molar-refractivity contribution is 5.85. The molecule has 1 unspecified atom stereocenters. The van der Waals surface area contributed by atoms with Crippen LogP contribution < -0.4 is 16.8 Å². The van der Waals surface area contributed by atoms with Gasteiger partial charge in [-0.3, -0.25) is 4.98 Å². The molecule has 2 aromatic rings. The van der Waals surface area contributed by atoms with Crippen LogP contribution in [0, 0.1) is 11.8 Å². The molecule has 1 aromatic heterocycles. The van der Waals surface area contributed by atoms with E-state index < -0.39 is 5.76 Å². The Morgan fingerprint density at radius 3 is 3.06 bits per heavy atom. The van der Waals surface area contributed by atoms with Crippen molar-refractivity contribution >= 4 is 22.5 Å². The summed E-state index contributed by atoms with van der Waals surface area (Å²) in [6.45, 7) is 3.15. The van der Waals surface area contributed by atoms with Crippen molar-refractivity contribution in [1.29, 1.82) is 0 Å². The number of nitrogen functional groups attached to an aromatic ring is 1. The highest BCUT2D eigenvalue weighted by Crippen LogP contribution is 2.36. The van der Waals surface area contributed by atoms with E-state index in [2.05, 4.69) is 17.2 Å². The zero-order chi connectivity index (χ0) is 12.7. The van der Waals surface area contributed by atoms with E-state index in [0.717, 1.165) is 18.2 Å². The van der Waals surface area contributed by atoms with E-state index >= 15 is 0 Å². The summed E-state index contributed by atoms with van der Waals surface area (Å²) in [6.07, 6.45) is 2.68. The minimum absolute atomic E-state index is 0.451. The van der Waals surface area contributed by atoms with Gasteiger partial charge in [-0.2, -0.15) is 0 Å². The summed E-state index contributed by atoms with van der Waals surface area (Å²) in [6, 6.07) is 3.51. The molecule has 1 aliphatic rings. The maximum absolute atomic E-state index is 11.1. The van der Waals surface area contributed by atoms with Gasteiger partial charge in [-0.05, 0) is 30.7 Å². The van der Waals surface area contributed by atoms with Gasteiger partial charge in [-0.1, -0.05) is 6.92 Å². The van der Waals surface area contributed by atoms with Crippen LogP contribution in [-0.2, 0) is 0 Å². The molecule has 0 radical (unpaired) electrons. The molecule has 1 aromatic carbocycles. The summed E-state index contributed by atoms with van der Waals surface area (Å²) in [4.78, 5) is 13.7. The zero-order valence-corrected chi connectivity index (χ0v) is 10.3. The predicted molar refractivity (Wildman–Crippen MR) is 71.6 cm³/mol. The molecule has 18 heavy (non-hydrogen) atoms. The van der Waals surface area contributed by atoms with Crippen molar-refractivity contribution in [3.63, 3.8) is 0 Å². The van der Waals surface area contributed by atoms with E-state index in [4.69, 9.17) is 10.2 Å². The van der Waals surface area contributed by atoms with Crippen LogP contribution in [0.3, 0.4) is 0 Å². The second-order valence-corrected chi connectivity index (χ2v) is 5.15. The fourth-order valence-corrected chi connectivity index (χ4v) is 2.27. The Morgan fingerprint density at radius 1 is 1.56 bits per heavy atom. The van der Waals surface area contributed by atoms with Crippen molar-refractivity contribution in [3.05, 3.63) is 22.7 Å². The molecule has 1 saturated carbocycles. The number of oxazole rings is 1. The third kappa shape index (κ3) is 2.08. The van der Waals surface area contributed by atoms with E-state index in [1.165, 1.54) is 12.8 Å². The number of H-pyrrole nitrogens is 1. The van der Waals surface area contributed by atoms with Gasteiger partial charge < -0.3 is 15.5 Å². The molecule has 1 aliphatic carbocycles. The van der Waals surface area contributed by atoms with Crippen LogP contribution in [0.1, 0.15) is 19.8 Å². The Labute approximate surface area is 104 Å². The lowest BCUT2D eigenvalue weighted by atomic mass is 10.1. The van der Waals surface area contributed by atoms with Gasteiger partial charge in [-0.15, -0.1) is 0 Å². The molecule has 1 atom stereocenters. The Morgan fingerprint density at radius 2 is 2.33 bits per heavy atom. The first-order chi connectivity index (χ1) is 8.63. The van der Waals surface area contributed by atoms with Crippen LogP contribution in [-0.4, -0.2) is 11.5 Å². The van der Waals surface area contributed by atoms with E-state index in [9.17, 15) is 4.79 Å². The molecule has 4 N–H and O–H groups in total. The number of hydrogen-bond donors (Lipinski definition) is 3. The molecule has 3 rings (SSSR count). The first kappa shape index (κ1) is 11.2. The standard InChI is InChI=1S/C13H17N3O2/c1-7(8-2-3-8)6-15-10-5-11-12(4-9(10)14)18-13(17)16-11/h4-5,7-8,15H,2-3,6,14H2,1H3,(H,16,17). The molecular formula is C13H17N3O2. The zero-order valence-electron chi connectivity index (χ0n) is 10.3. The minimum atomic E-state index is -0.451. The second kappa shape index (κ2) is 4.08. The maximum atomic E-state index is 11.1. The molecule has 0 saturated heterocycles. The van der Waals surface area contributed by atoms with Crippen molar-refractivity contribution in [2.45, 2.75) is 19.8 Å². The van der Waals surface area contributed by atoms with Gasteiger partial charge in [0.1, 0.15) is 0 Å². The fraction of sp³-hybridized carbons (Fsp3) is 0.462. The summed E-state index contributed by atoms with van der Waals surface area (Å²) >= 11 is 0. The molecule has 5 heteroatoms. The topological polar surface area (TPSA) is 84.0 Å². The van der Waals surface area contributed by atoms with Gasteiger partial charge in [0.25, 0.3) is 0 Å². The monoisotopic (exact) mass is 247 g/mol. The SMILES string of the molecule is CC(CNc1cc2[nH]c(=O)oc2cc1N)C1CC1. The third-order valence-electron chi connectivity index (χ3n) is 3.63. The highest BCUT2D eigenvalue weighted by atomic mass is 16.4. The third-order valence-corrected chi connectivity index (χ3v) is 3.63. The first-order valence-corrected chi connectivity index (χ1v) is 6.29. The second-order valence-electron chi connectivity index (χ2n) is 5.15. The van der Waals surface area contributed by atoms with E-state index in [-0.39, 0.29) is 0 Å². The average molecular weight is 247 g/mol. The summed E-state index contributed by atoms with van der Waals surface area (Å²) in [5, 5.41) is 3.35. The van der Waals surface area contributed by atoms with Crippen molar-refractivity contribution in [2.75, 3.05) is 17.6 Å². The van der Waals surface area contributed by atoms with Crippen LogP contribution in [0.5, 0.6) is 0 Å². The van der Waals surface area contributed by atoms with Gasteiger partial charge in [0, 0.05) is 12.6 Å². The van der Waals surface area contributed by atoms with Crippen LogP contribution in [0.4, 0.5) is 11.4 Å². The van der Waals surface area contributed by atoms with E-state index in [1.54, 1.807) is 6.07 Å². The predicted octanol–water partition coefficient (Wildman–Crippen LogP) is 2.16. The van der Waals surface area contributed by atoms with Crippen molar-refractivity contribution in [3.8, 4) is 0 Å². The Balaban J connectivity index is 1.81. The summed E-state index contributed by atoms with van der Waals surface area (Å²) in [5.41, 5.74) is 8.57. The molecule has 1 fully saturated rings. The van der Waals surface area contributed by atoms with Crippen molar-refractivity contribution in [2.24, 2.45) is 11.8 Å². The fourth-order valence-electron chi connectivity index (χ4n) is 2.27. The van der Waals surface area contributed by atoms with Gasteiger partial charge >= 0.3 is 5.76 Å². The average Bonchev–Trinajstić information content (AvgIpc) is 3.09. The molecular weight excluding hydrogens is 230 g/mol. The molecule has 0 bridgehead atoms. The molecule has 1 heterocycles. The summed E-state index contributed by atoms with van der Waals surface area (Å²) in [7, 11) is 0. The summed E-state index contributed by atoms with van der Waals surface area (Å²) in [5.74, 6) is 1.06. The lowest BCUT2D eigenvalue weighted by Crippen LogP contribution is -2.13. The van der Waals surface area contributed by atoms with Crippen molar-refractivity contribution < 1.29 is 4.42 Å². The number of fused-ring (bicyclic) bond motifs is 1. The maximum Gasteiger partial charge on any atom is 0.417 e. The molecule has 0 amide bonds. The number of rotatable bonds is 4. The molecule has 96 valence electrons. The number of benzene rings is 1. The van der Waals surface area contributed by atoms with Gasteiger partial charge in [0.2, 0.25) is 0 Å². The van der Waals surface area contributed by atoms with E-state index in [1.807, 2.05) is 6.07 Å². The normalized spacial score (nSPS) is 16.9. The largest absolute Gasteiger partial charge is 0.417 e. The quantitative estimate of drug-likeness (QED) is 0.723. The molecule has 0 spiro atoms. The number of nitrogens with two attached hydrogens (primary N) is 1. The first-order valence-electron chi connectivity index (χ1n) is 6.29. The number of aromatic amines is 1. The van der Waals surface area contributed by atoms with Crippen LogP contribution in [0.2, 0.25) is 0 Å². The number of anilines is 2. The minimum Gasteiger partial charge on any atom is -0.408 e. The Hall–Kier alpha value is -1.91. The smallest absolute Gasteiger partial charge is 0.408 e. The lowest BCUT2D eigenvalue weighted by molar-refractivity contribution is 0.537. The molecule has 5 nitrogen and oxygen atoms in total. The van der Waals surface area contributed by atoms with E-state index in [0.29, 0.717) is 22.7 Å². The number of nitrogens with one attached hydrogen (secondary N) is 2. The molecule has 0 aliphatic heterocycles. The van der Waals surface area contributed by atoms with Gasteiger partial charge in [0.05, 0.1) is 16.9 Å². The summed E-state index contributed by atoms with van der Waals surface area (Å²) < 4.78 is 4.96. The van der Waals surface area contributed by atoms with Gasteiger partial charge in [-0.25, -0.2) is 4.79 Å². The van der Waals surface area contributed by atoms with Crippen LogP contribution >= 0.6 is 0 Å². The Bertz CT molecular complexity index is 625. The van der Waals surface area contributed by atoms with Crippen molar-refractivity contribution in [1.82, 2.24) is 4.98 Å². The Kier molecular flexibility index (Phi) is 2.54. The van der Waals surface area contributed by atoms with Crippen LogP contribution in [0.15, 0.2) is 21.3 Å². The van der Waals surface area contributed by atoms with Crippen LogP contribution in [0.25, 0.3) is 11.1 Å². The number of aromatic nitrogens is 1.